The molecule has 2 aliphatic heterocycles. The SMILES string of the molecule is Nc1nc(/C(=N\O)C(=O)N[C@@H]2C(=O)N3C(C(=O)O)=C(CSc4cc(=O)c5ccccc5s4)CS[C@H]23)cs1. The Balaban J connectivity index is 1.32. The minimum Gasteiger partial charge on any atom is -0.477 e. The summed E-state index contributed by atoms with van der Waals surface area (Å²) in [5.74, 6) is -2.07. The predicted molar refractivity (Wildman–Crippen MR) is 143 cm³/mol. The minimum absolute atomic E-state index is 0.0591. The number of hydrogen-bond acceptors (Lipinski definition) is 12. The topological polar surface area (TPSA) is 175 Å². The summed E-state index contributed by atoms with van der Waals surface area (Å²) in [5.41, 5.74) is 5.54. The van der Waals surface area contributed by atoms with Gasteiger partial charge in [-0.15, -0.1) is 46.2 Å². The van der Waals surface area contributed by atoms with Gasteiger partial charge in [0.2, 0.25) is 0 Å². The van der Waals surface area contributed by atoms with Crippen LogP contribution in [0, 0.1) is 0 Å². The molecular formula is C22H17N5O6S4. The van der Waals surface area contributed by atoms with E-state index in [2.05, 4.69) is 15.5 Å². The van der Waals surface area contributed by atoms with E-state index >= 15 is 0 Å². The predicted octanol–water partition coefficient (Wildman–Crippen LogP) is 2.01. The zero-order chi connectivity index (χ0) is 26.3. The number of β-lactam (4-membered cyclic amide) rings is 1. The third-order valence-electron chi connectivity index (χ3n) is 5.62. The molecular weight excluding hydrogens is 559 g/mol. The van der Waals surface area contributed by atoms with E-state index in [9.17, 15) is 29.5 Å². The molecule has 3 aromatic rings. The summed E-state index contributed by atoms with van der Waals surface area (Å²) in [6.07, 6.45) is 0. The number of anilines is 1. The molecule has 2 amide bonds. The fourth-order valence-corrected chi connectivity index (χ4v) is 8.18. The van der Waals surface area contributed by atoms with Gasteiger partial charge in [-0.2, -0.15) is 0 Å². The van der Waals surface area contributed by atoms with Gasteiger partial charge < -0.3 is 21.4 Å². The molecule has 0 spiro atoms. The van der Waals surface area contributed by atoms with Crippen LogP contribution >= 0.6 is 46.2 Å². The summed E-state index contributed by atoms with van der Waals surface area (Å²) in [7, 11) is 0. The lowest BCUT2D eigenvalue weighted by atomic mass is 10.0. The third-order valence-corrected chi connectivity index (χ3v) is 10.0. The molecule has 1 saturated heterocycles. The van der Waals surface area contributed by atoms with E-state index in [0.29, 0.717) is 16.7 Å². The summed E-state index contributed by atoms with van der Waals surface area (Å²) in [4.78, 5) is 55.2. The first-order valence-electron chi connectivity index (χ1n) is 10.6. The molecule has 4 heterocycles. The maximum Gasteiger partial charge on any atom is 0.352 e. The number of nitrogen functional groups attached to an aromatic ring is 1. The van der Waals surface area contributed by atoms with Gasteiger partial charge in [-0.3, -0.25) is 19.3 Å². The zero-order valence-electron chi connectivity index (χ0n) is 18.6. The van der Waals surface area contributed by atoms with Crippen molar-refractivity contribution in [3.8, 4) is 0 Å². The number of rotatable bonds is 7. The molecule has 1 fully saturated rings. The first-order chi connectivity index (χ1) is 17.8. The van der Waals surface area contributed by atoms with Gasteiger partial charge in [0.25, 0.3) is 11.8 Å². The lowest BCUT2D eigenvalue weighted by Gasteiger charge is -2.49. The maximum atomic E-state index is 12.9. The van der Waals surface area contributed by atoms with Crippen LogP contribution in [0.5, 0.6) is 0 Å². The van der Waals surface area contributed by atoms with Crippen LogP contribution in [0.15, 0.2) is 61.1 Å². The average molecular weight is 576 g/mol. The molecule has 5 rings (SSSR count). The Morgan fingerprint density at radius 3 is 2.78 bits per heavy atom. The van der Waals surface area contributed by atoms with Gasteiger partial charge in [0.05, 0.1) is 4.21 Å². The summed E-state index contributed by atoms with van der Waals surface area (Å²) in [6, 6.07) is 7.81. The molecule has 0 radical (unpaired) electrons. The van der Waals surface area contributed by atoms with E-state index < -0.39 is 34.9 Å². The molecule has 2 aromatic heterocycles. The van der Waals surface area contributed by atoms with Crippen LogP contribution in [0.1, 0.15) is 5.69 Å². The van der Waals surface area contributed by atoms with Gasteiger partial charge in [-0.1, -0.05) is 17.3 Å². The van der Waals surface area contributed by atoms with Gasteiger partial charge in [-0.25, -0.2) is 9.78 Å². The highest BCUT2D eigenvalue weighted by Gasteiger charge is 2.54. The van der Waals surface area contributed by atoms with Crippen molar-refractivity contribution in [2.24, 2.45) is 5.16 Å². The van der Waals surface area contributed by atoms with Crippen LogP contribution < -0.4 is 16.5 Å². The first kappa shape index (κ1) is 25.3. The average Bonchev–Trinajstić information content (AvgIpc) is 3.31. The van der Waals surface area contributed by atoms with E-state index in [1.54, 1.807) is 12.1 Å². The first-order valence-corrected chi connectivity index (χ1v) is 14.3. The van der Waals surface area contributed by atoms with Crippen LogP contribution in [0.4, 0.5) is 5.13 Å². The van der Waals surface area contributed by atoms with Gasteiger partial charge in [0.15, 0.2) is 16.3 Å². The van der Waals surface area contributed by atoms with Gasteiger partial charge in [0, 0.05) is 33.0 Å². The van der Waals surface area contributed by atoms with Crippen molar-refractivity contribution >= 4 is 84.9 Å². The Morgan fingerprint density at radius 2 is 2.08 bits per heavy atom. The lowest BCUT2D eigenvalue weighted by Crippen LogP contribution is -2.71. The lowest BCUT2D eigenvalue weighted by molar-refractivity contribution is -0.150. The summed E-state index contributed by atoms with van der Waals surface area (Å²) in [6.45, 7) is 0. The van der Waals surface area contributed by atoms with E-state index in [-0.39, 0.29) is 27.7 Å². The molecule has 15 heteroatoms. The van der Waals surface area contributed by atoms with Crippen molar-refractivity contribution in [2.75, 3.05) is 17.2 Å². The molecule has 5 N–H and O–H groups in total. The Labute approximate surface area is 225 Å². The van der Waals surface area contributed by atoms with Gasteiger partial charge in [0.1, 0.15) is 22.8 Å². The largest absolute Gasteiger partial charge is 0.477 e. The number of thiazole rings is 1. The Hall–Kier alpha value is -3.40. The third kappa shape index (κ3) is 4.70. The van der Waals surface area contributed by atoms with Crippen molar-refractivity contribution in [1.29, 1.82) is 0 Å². The van der Waals surface area contributed by atoms with Crippen LogP contribution in [0.3, 0.4) is 0 Å². The number of amides is 2. The van der Waals surface area contributed by atoms with Crippen molar-refractivity contribution in [3.63, 3.8) is 0 Å². The van der Waals surface area contributed by atoms with Gasteiger partial charge in [-0.05, 0) is 17.7 Å². The summed E-state index contributed by atoms with van der Waals surface area (Å²) >= 11 is 5.16. The molecule has 0 unspecified atom stereocenters. The van der Waals surface area contributed by atoms with E-state index in [4.69, 9.17) is 5.73 Å². The highest BCUT2D eigenvalue weighted by Crippen LogP contribution is 2.42. The molecule has 190 valence electrons. The summed E-state index contributed by atoms with van der Waals surface area (Å²) < 4.78 is 1.58. The fraction of sp³-hybridized carbons (Fsp3) is 0.182. The maximum absolute atomic E-state index is 12.9. The number of aromatic nitrogens is 1. The second-order valence-electron chi connectivity index (χ2n) is 7.85. The monoisotopic (exact) mass is 575 g/mol. The molecule has 1 aromatic carbocycles. The van der Waals surface area contributed by atoms with Crippen LogP contribution in [-0.2, 0) is 14.4 Å². The van der Waals surface area contributed by atoms with Crippen LogP contribution in [0.2, 0.25) is 0 Å². The number of carbonyl (C=O) groups is 3. The Bertz CT molecular complexity index is 1560. The number of nitrogens with two attached hydrogens (primary N) is 1. The molecule has 2 aliphatic rings. The number of aliphatic carboxylic acids is 1. The van der Waals surface area contributed by atoms with Crippen LogP contribution in [0.25, 0.3) is 10.1 Å². The van der Waals surface area contributed by atoms with Crippen molar-refractivity contribution < 1.29 is 24.7 Å². The number of hydrogen-bond donors (Lipinski definition) is 4. The standard InChI is InChI=1S/C22H17N5O6S4/c23-22-24-11(8-36-22)15(26-33)18(29)25-16-19(30)27-17(21(31)32)9(7-35-20(16)27)6-34-14-5-12(28)10-3-1-2-4-13(10)37-14/h1-5,8,16,20,33H,6-7H2,(H2,23,24)(H,25,29)(H,31,32)/b26-15+/t16-,20-/m1/s1. The van der Waals surface area contributed by atoms with Crippen molar-refractivity contribution in [1.82, 2.24) is 15.2 Å². The minimum atomic E-state index is -1.25. The zero-order valence-corrected chi connectivity index (χ0v) is 21.9. The second-order valence-corrected chi connectivity index (χ2v) is 12.2. The molecule has 2 atom stereocenters. The van der Waals surface area contributed by atoms with Crippen LogP contribution in [-0.4, -0.2) is 66.6 Å². The number of carboxylic acid groups (broad SMARTS) is 1. The van der Waals surface area contributed by atoms with Crippen molar-refractivity contribution in [3.05, 3.63) is 62.9 Å². The molecule has 11 nitrogen and oxygen atoms in total. The summed E-state index contributed by atoms with van der Waals surface area (Å²) in [5, 5.41) is 26.3. The molecule has 0 aliphatic carbocycles. The van der Waals surface area contributed by atoms with Gasteiger partial charge >= 0.3 is 5.97 Å². The number of carbonyl (C=O) groups excluding carboxylic acids is 2. The number of oxime groups is 1. The Morgan fingerprint density at radius 1 is 1.30 bits per heavy atom. The number of nitrogens with zero attached hydrogens (tertiary/aromatic N) is 3. The second kappa shape index (κ2) is 10.2. The number of thioether (sulfide) groups is 2. The number of benzene rings is 1. The molecule has 0 bridgehead atoms. The highest BCUT2D eigenvalue weighted by molar-refractivity contribution is 8.02. The number of carboxylic acids is 1. The Kier molecular flexibility index (Phi) is 6.94. The van der Waals surface area contributed by atoms with E-state index in [0.717, 1.165) is 25.1 Å². The van der Waals surface area contributed by atoms with Crippen molar-refractivity contribution in [2.45, 2.75) is 15.6 Å². The fourth-order valence-electron chi connectivity index (χ4n) is 3.92. The quantitative estimate of drug-likeness (QED) is 0.107. The number of fused-ring (bicyclic) bond motifs is 2. The smallest absolute Gasteiger partial charge is 0.352 e. The molecule has 0 saturated carbocycles. The normalized spacial score (nSPS) is 19.5. The number of nitrogens with one attached hydrogen (secondary N) is 1. The molecule has 37 heavy (non-hydrogen) atoms. The highest BCUT2D eigenvalue weighted by atomic mass is 32.2. The van der Waals surface area contributed by atoms with E-state index in [1.165, 1.54) is 46.3 Å². The van der Waals surface area contributed by atoms with E-state index in [1.807, 2.05) is 12.1 Å².